The van der Waals surface area contributed by atoms with Crippen LogP contribution in [0.25, 0.3) is 49.7 Å². The van der Waals surface area contributed by atoms with Gasteiger partial charge in [-0.1, -0.05) is 43.0 Å². The quantitative estimate of drug-likeness (QED) is 0.188. The first-order chi connectivity index (χ1) is 23.1. The van der Waals surface area contributed by atoms with Crippen LogP contribution in [0.2, 0.25) is 0 Å². The number of likely N-dealkylation sites (tertiary alicyclic amines) is 1. The fourth-order valence-corrected chi connectivity index (χ4v) is 6.89. The van der Waals surface area contributed by atoms with E-state index in [2.05, 4.69) is 22.6 Å². The minimum Gasteiger partial charge on any atom is -0.335 e. The maximum Gasteiger partial charge on any atom is 0.431 e. The highest BCUT2D eigenvalue weighted by atomic mass is 19.4. The summed E-state index contributed by atoms with van der Waals surface area (Å²) in [6.07, 6.45) is 0.322. The maximum absolute atomic E-state index is 15.0. The molecule has 48 heavy (non-hydrogen) atoms. The number of halogens is 3. The molecule has 2 aromatic carbocycles. The molecular formula is C36H28F3N7O2. The molecule has 0 bridgehead atoms. The van der Waals surface area contributed by atoms with Crippen LogP contribution in [0.4, 0.5) is 13.2 Å². The summed E-state index contributed by atoms with van der Waals surface area (Å²) in [7, 11) is 0. The van der Waals surface area contributed by atoms with Gasteiger partial charge in [-0.05, 0) is 55.5 Å². The Hall–Kier alpha value is -5.83. The van der Waals surface area contributed by atoms with Gasteiger partial charge in [0, 0.05) is 46.9 Å². The zero-order chi connectivity index (χ0) is 33.7. The van der Waals surface area contributed by atoms with E-state index < -0.39 is 23.5 Å². The molecule has 6 aromatic rings. The highest BCUT2D eigenvalue weighted by Crippen LogP contribution is 2.40. The SMILES string of the molecule is C=CC(=O)N1CCC(n2cnc3c(-c4cccnc4C)nc4c(=O)n(-c5cccc6ccccc56)c(C(F)(F)F)cc4c32)C[C@H]1CC#N. The minimum absolute atomic E-state index is 0.00281. The molecule has 0 saturated carbocycles. The Bertz CT molecular complexity index is 2370. The van der Waals surface area contributed by atoms with E-state index in [0.717, 1.165) is 6.07 Å². The third-order valence-corrected chi connectivity index (χ3v) is 9.11. The van der Waals surface area contributed by atoms with Gasteiger partial charge in [0.2, 0.25) is 5.91 Å². The van der Waals surface area contributed by atoms with E-state index in [-0.39, 0.29) is 35.0 Å². The van der Waals surface area contributed by atoms with Gasteiger partial charge in [0.15, 0.2) is 0 Å². The Labute approximate surface area is 272 Å². The van der Waals surface area contributed by atoms with Crippen LogP contribution in [0.1, 0.15) is 36.7 Å². The van der Waals surface area contributed by atoms with Crippen molar-refractivity contribution in [3.05, 3.63) is 108 Å². The van der Waals surface area contributed by atoms with Crippen LogP contribution < -0.4 is 5.56 Å². The molecule has 1 fully saturated rings. The third kappa shape index (κ3) is 4.99. The van der Waals surface area contributed by atoms with E-state index in [4.69, 9.17) is 4.98 Å². The van der Waals surface area contributed by atoms with Gasteiger partial charge in [-0.15, -0.1) is 0 Å². The van der Waals surface area contributed by atoms with Gasteiger partial charge in [0.05, 0.1) is 30.0 Å². The molecule has 2 atom stereocenters. The average molecular weight is 648 g/mol. The van der Waals surface area contributed by atoms with Crippen molar-refractivity contribution in [1.29, 1.82) is 5.26 Å². The fraction of sp³-hybridized carbons (Fsp3) is 0.222. The molecule has 7 rings (SSSR count). The van der Waals surface area contributed by atoms with Crippen LogP contribution >= 0.6 is 0 Å². The Morgan fingerprint density at radius 1 is 1.08 bits per heavy atom. The van der Waals surface area contributed by atoms with Gasteiger partial charge < -0.3 is 9.47 Å². The largest absolute Gasteiger partial charge is 0.431 e. The van der Waals surface area contributed by atoms with Gasteiger partial charge >= 0.3 is 6.18 Å². The summed E-state index contributed by atoms with van der Waals surface area (Å²) in [4.78, 5) is 42.5. The first-order valence-corrected chi connectivity index (χ1v) is 15.4. The van der Waals surface area contributed by atoms with Crippen molar-refractivity contribution in [2.24, 2.45) is 0 Å². The molecule has 5 heterocycles. The maximum atomic E-state index is 15.0. The summed E-state index contributed by atoms with van der Waals surface area (Å²) in [6, 6.07) is 17.7. The molecule has 1 aliphatic heterocycles. The van der Waals surface area contributed by atoms with Crippen LogP contribution in [0, 0.1) is 18.3 Å². The zero-order valence-corrected chi connectivity index (χ0v) is 25.8. The minimum atomic E-state index is -4.91. The lowest BCUT2D eigenvalue weighted by Crippen LogP contribution is -2.45. The molecular weight excluding hydrogens is 619 g/mol. The van der Waals surface area contributed by atoms with Crippen molar-refractivity contribution in [3.63, 3.8) is 0 Å². The van der Waals surface area contributed by atoms with Crippen LogP contribution in [-0.2, 0) is 11.0 Å². The summed E-state index contributed by atoms with van der Waals surface area (Å²) in [6.45, 7) is 5.67. The second-order valence-corrected chi connectivity index (χ2v) is 11.8. The van der Waals surface area contributed by atoms with E-state index in [1.807, 2.05) is 0 Å². The van der Waals surface area contributed by atoms with Crippen molar-refractivity contribution in [2.45, 2.75) is 44.4 Å². The monoisotopic (exact) mass is 647 g/mol. The molecule has 1 saturated heterocycles. The molecule has 0 radical (unpaired) electrons. The number of amides is 1. The van der Waals surface area contributed by atoms with E-state index in [1.165, 1.54) is 12.1 Å². The number of aromatic nitrogens is 5. The smallest absolute Gasteiger partial charge is 0.335 e. The number of piperidine rings is 1. The Morgan fingerprint density at radius 2 is 1.88 bits per heavy atom. The topological polar surface area (TPSA) is 110 Å². The second kappa shape index (κ2) is 11.8. The predicted octanol–water partition coefficient (Wildman–Crippen LogP) is 6.91. The average Bonchev–Trinajstić information content (AvgIpc) is 3.53. The number of nitrogens with zero attached hydrogens (tertiary/aromatic N) is 7. The van der Waals surface area contributed by atoms with E-state index in [1.54, 1.807) is 77.4 Å². The number of hydrogen-bond donors (Lipinski definition) is 0. The summed E-state index contributed by atoms with van der Waals surface area (Å²) < 4.78 is 47.5. The van der Waals surface area contributed by atoms with E-state index in [9.17, 15) is 14.9 Å². The molecule has 1 aliphatic rings. The van der Waals surface area contributed by atoms with Crippen molar-refractivity contribution in [1.82, 2.24) is 29.0 Å². The van der Waals surface area contributed by atoms with Crippen molar-refractivity contribution < 1.29 is 18.0 Å². The number of rotatable bonds is 5. The zero-order valence-electron chi connectivity index (χ0n) is 25.8. The Morgan fingerprint density at radius 3 is 2.62 bits per heavy atom. The second-order valence-electron chi connectivity index (χ2n) is 11.8. The number of benzene rings is 2. The summed E-state index contributed by atoms with van der Waals surface area (Å²) in [5.41, 5.74) is -0.0155. The lowest BCUT2D eigenvalue weighted by atomic mass is 9.94. The number of imidazole rings is 1. The van der Waals surface area contributed by atoms with Gasteiger partial charge in [-0.25, -0.2) is 9.97 Å². The van der Waals surface area contributed by atoms with Gasteiger partial charge in [0.1, 0.15) is 22.4 Å². The number of nitriles is 1. The lowest BCUT2D eigenvalue weighted by Gasteiger charge is -2.38. The lowest BCUT2D eigenvalue weighted by molar-refractivity contribution is -0.142. The van der Waals surface area contributed by atoms with Gasteiger partial charge in [-0.3, -0.25) is 19.1 Å². The third-order valence-electron chi connectivity index (χ3n) is 9.11. The van der Waals surface area contributed by atoms with Gasteiger partial charge in [0.25, 0.3) is 5.56 Å². The first kappa shape index (κ1) is 30.8. The standard InChI is InChI=1S/C36H28F3N7O2/c1-3-30(47)44-17-14-24(18-23(44)13-15-40)45-20-42-33-31(25-11-7-16-41-21(25)2)43-32-27(34(33)45)19-29(36(37,38)39)46(35(32)48)28-12-6-9-22-8-4-5-10-26(22)28/h3-12,16,19-20,23-24H,1,13-14,17-18H2,2H3/t23-,24?/m1/s1. The predicted molar refractivity (Wildman–Crippen MR) is 175 cm³/mol. The summed E-state index contributed by atoms with van der Waals surface area (Å²) >= 11 is 0. The highest BCUT2D eigenvalue weighted by Gasteiger charge is 2.38. The van der Waals surface area contributed by atoms with E-state index in [0.29, 0.717) is 62.7 Å². The molecule has 1 unspecified atom stereocenters. The number of pyridine rings is 3. The molecule has 240 valence electrons. The van der Waals surface area contributed by atoms with E-state index >= 15 is 13.2 Å². The number of aryl methyl sites for hydroxylation is 1. The summed E-state index contributed by atoms with van der Waals surface area (Å²) in [5, 5.41) is 10.7. The molecule has 9 nitrogen and oxygen atoms in total. The van der Waals surface area contributed by atoms with Crippen molar-refractivity contribution in [2.75, 3.05) is 6.54 Å². The molecule has 0 spiro atoms. The molecule has 12 heteroatoms. The number of fused-ring (bicyclic) bond motifs is 4. The normalized spacial score (nSPS) is 16.8. The van der Waals surface area contributed by atoms with Crippen LogP contribution in [0.15, 0.2) is 90.6 Å². The number of carbonyl (C=O) groups excluding carboxylic acids is 1. The van der Waals surface area contributed by atoms with Crippen molar-refractivity contribution in [3.8, 4) is 23.0 Å². The Balaban J connectivity index is 1.56. The number of hydrogen-bond acceptors (Lipinski definition) is 6. The Kier molecular flexibility index (Phi) is 7.55. The van der Waals surface area contributed by atoms with Gasteiger partial charge in [-0.2, -0.15) is 18.4 Å². The van der Waals surface area contributed by atoms with Crippen LogP contribution in [0.5, 0.6) is 0 Å². The number of alkyl halides is 3. The molecule has 0 aliphatic carbocycles. The van der Waals surface area contributed by atoms with Crippen LogP contribution in [0.3, 0.4) is 0 Å². The van der Waals surface area contributed by atoms with Crippen LogP contribution in [-0.4, -0.2) is 47.5 Å². The summed E-state index contributed by atoms with van der Waals surface area (Å²) in [5.74, 6) is -0.294. The first-order valence-electron chi connectivity index (χ1n) is 15.4. The van der Waals surface area contributed by atoms with Crippen molar-refractivity contribution >= 4 is 38.6 Å². The fourth-order valence-electron chi connectivity index (χ4n) is 6.89. The highest BCUT2D eigenvalue weighted by molar-refractivity contribution is 6.08. The number of carbonyl (C=O) groups is 1. The molecule has 0 N–H and O–H groups in total. The molecule has 1 amide bonds. The molecule has 4 aromatic heterocycles.